The maximum atomic E-state index is 16.6. The second kappa shape index (κ2) is 11.1. The maximum Gasteiger partial charge on any atom is 0.324 e. The van der Waals surface area contributed by atoms with Crippen molar-refractivity contribution < 1.29 is 14.0 Å². The van der Waals surface area contributed by atoms with E-state index in [0.717, 1.165) is 16.3 Å². The number of nitrogens with one attached hydrogen (secondary N) is 2. The first-order valence-corrected chi connectivity index (χ1v) is 14.0. The molecule has 0 radical (unpaired) electrons. The Morgan fingerprint density at radius 3 is 2.70 bits per heavy atom. The highest BCUT2D eigenvalue weighted by Gasteiger charge is 2.32. The molecule has 0 bridgehead atoms. The number of likely N-dealkylation sites (N-methyl/N-ethyl adjacent to an activating group) is 1. The molecule has 11 heteroatoms. The Morgan fingerprint density at radius 2 is 1.95 bits per heavy atom. The number of aromatic nitrogens is 3. The number of nitrogens with zero attached hydrogens (tertiary/aromatic N) is 4. The van der Waals surface area contributed by atoms with Gasteiger partial charge in [-0.2, -0.15) is 0 Å². The summed E-state index contributed by atoms with van der Waals surface area (Å²) in [6.45, 7) is 2.86. The smallest absolute Gasteiger partial charge is 0.324 e. The molecule has 43 heavy (non-hydrogen) atoms. The number of primary amides is 1. The van der Waals surface area contributed by atoms with Gasteiger partial charge < -0.3 is 26.7 Å². The van der Waals surface area contributed by atoms with Crippen molar-refractivity contribution >= 4 is 39.9 Å². The van der Waals surface area contributed by atoms with Crippen molar-refractivity contribution in [3.8, 4) is 11.3 Å². The molecule has 5 aromatic rings. The van der Waals surface area contributed by atoms with Gasteiger partial charge in [0.15, 0.2) is 5.82 Å². The fourth-order valence-corrected chi connectivity index (χ4v) is 5.47. The van der Waals surface area contributed by atoms with E-state index in [1.165, 1.54) is 4.90 Å². The third-order valence-corrected chi connectivity index (χ3v) is 7.81. The van der Waals surface area contributed by atoms with Crippen LogP contribution in [0.1, 0.15) is 40.3 Å². The lowest BCUT2D eigenvalue weighted by Gasteiger charge is -2.24. The van der Waals surface area contributed by atoms with Crippen molar-refractivity contribution in [1.82, 2.24) is 19.9 Å². The van der Waals surface area contributed by atoms with Gasteiger partial charge >= 0.3 is 6.03 Å². The third kappa shape index (κ3) is 5.09. The zero-order valence-corrected chi connectivity index (χ0v) is 23.8. The van der Waals surface area contributed by atoms with Gasteiger partial charge in [0.25, 0.3) is 0 Å². The Balaban J connectivity index is 1.50. The predicted octanol–water partition coefficient (Wildman–Crippen LogP) is 5.08. The summed E-state index contributed by atoms with van der Waals surface area (Å²) in [5, 5.41) is 5.11. The number of aryl methyl sites for hydroxylation is 1. The molecule has 1 atom stereocenters. The van der Waals surface area contributed by atoms with Crippen molar-refractivity contribution in [2.24, 2.45) is 5.73 Å². The van der Waals surface area contributed by atoms with Gasteiger partial charge in [0.05, 0.1) is 11.4 Å². The summed E-state index contributed by atoms with van der Waals surface area (Å²) >= 11 is 0. The normalized spacial score (nSPS) is 14.0. The zero-order valence-electron chi connectivity index (χ0n) is 23.8. The highest BCUT2D eigenvalue weighted by Crippen LogP contribution is 2.36. The fourth-order valence-electron chi connectivity index (χ4n) is 5.47. The minimum absolute atomic E-state index is 0.221. The number of hydrogen-bond donors (Lipinski definition) is 4. The number of urea groups is 1. The van der Waals surface area contributed by atoms with E-state index in [4.69, 9.17) is 16.5 Å². The first kappa shape index (κ1) is 27.7. The van der Waals surface area contributed by atoms with Crippen molar-refractivity contribution in [3.05, 3.63) is 101 Å². The van der Waals surface area contributed by atoms with E-state index in [9.17, 15) is 9.59 Å². The summed E-state index contributed by atoms with van der Waals surface area (Å²) in [6.07, 6.45) is 3.93. The van der Waals surface area contributed by atoms with Crippen molar-refractivity contribution in [1.29, 1.82) is 0 Å². The minimum Gasteiger partial charge on any atom is -0.383 e. The number of carbonyl (C=O) groups excluding carboxylic acids is 2. The predicted molar refractivity (Wildman–Crippen MR) is 165 cm³/mol. The Hall–Kier alpha value is -5.45. The van der Waals surface area contributed by atoms with Crippen LogP contribution in [-0.2, 0) is 6.42 Å². The number of rotatable bonds is 8. The molecule has 0 spiro atoms. The molecule has 3 heterocycles. The second-order valence-electron chi connectivity index (χ2n) is 10.5. The van der Waals surface area contributed by atoms with Crippen LogP contribution < -0.4 is 21.7 Å². The number of pyridine rings is 1. The lowest BCUT2D eigenvalue weighted by molar-refractivity contribution is 0.100. The number of hydrogen-bond acceptors (Lipinski definition) is 6. The summed E-state index contributed by atoms with van der Waals surface area (Å²) in [5.74, 6) is -0.281. The molecule has 218 valence electrons. The molecular weight excluding hydrogens is 547 g/mol. The van der Waals surface area contributed by atoms with E-state index < -0.39 is 17.8 Å². The highest BCUT2D eigenvalue weighted by atomic mass is 19.1. The van der Waals surface area contributed by atoms with E-state index in [2.05, 4.69) is 15.3 Å². The summed E-state index contributed by atoms with van der Waals surface area (Å²) < 4.78 is 16.6. The van der Waals surface area contributed by atoms with E-state index in [1.807, 2.05) is 31.2 Å². The topological polar surface area (TPSA) is 146 Å². The quantitative estimate of drug-likeness (QED) is 0.202. The van der Waals surface area contributed by atoms with Crippen LogP contribution in [0.25, 0.3) is 22.0 Å². The minimum atomic E-state index is -0.799. The SMILES string of the molecule is CCc1cc(C(Nc2ccc3c(N)nccc3c2)c2nc(-c3ccccc3C(N)=O)c[nH]2)c(F)c(N2CCN(C)C2=O)c1. The highest BCUT2D eigenvalue weighted by molar-refractivity contribution is 5.99. The molecule has 0 aliphatic carbocycles. The molecular formula is C32H31FN8O2. The van der Waals surface area contributed by atoms with Crippen LogP contribution in [0.2, 0.25) is 0 Å². The zero-order chi connectivity index (χ0) is 30.2. The monoisotopic (exact) mass is 578 g/mol. The number of benzene rings is 3. The molecule has 6 rings (SSSR count). The molecule has 6 N–H and O–H groups in total. The van der Waals surface area contributed by atoms with Crippen LogP contribution in [0.15, 0.2) is 73.1 Å². The first-order valence-electron chi connectivity index (χ1n) is 14.0. The number of fused-ring (bicyclic) bond motifs is 1. The van der Waals surface area contributed by atoms with Gasteiger partial charge in [0.1, 0.15) is 17.7 Å². The van der Waals surface area contributed by atoms with E-state index in [-0.39, 0.29) is 11.7 Å². The Labute approximate surface area is 247 Å². The number of anilines is 3. The van der Waals surface area contributed by atoms with Crippen LogP contribution in [0.5, 0.6) is 0 Å². The summed E-state index contributed by atoms with van der Waals surface area (Å²) in [5.41, 5.74) is 15.1. The molecule has 1 saturated heterocycles. The molecule has 3 aromatic carbocycles. The Bertz CT molecular complexity index is 1870. The number of carbonyl (C=O) groups is 2. The lowest BCUT2D eigenvalue weighted by atomic mass is 9.98. The molecule has 3 amide bonds. The number of aromatic amines is 1. The van der Waals surface area contributed by atoms with E-state index in [1.54, 1.807) is 60.7 Å². The van der Waals surface area contributed by atoms with Crippen molar-refractivity contribution in [2.75, 3.05) is 36.1 Å². The lowest BCUT2D eigenvalue weighted by Crippen LogP contribution is -2.30. The van der Waals surface area contributed by atoms with Gasteiger partial charge in [0, 0.05) is 60.3 Å². The summed E-state index contributed by atoms with van der Waals surface area (Å²) in [4.78, 5) is 40.2. The second-order valence-corrected chi connectivity index (χ2v) is 10.5. The Morgan fingerprint density at radius 1 is 1.14 bits per heavy atom. The first-order chi connectivity index (χ1) is 20.7. The van der Waals surface area contributed by atoms with E-state index >= 15 is 4.39 Å². The molecule has 10 nitrogen and oxygen atoms in total. The maximum absolute atomic E-state index is 16.6. The summed E-state index contributed by atoms with van der Waals surface area (Å²) in [6, 6.07) is 16.9. The van der Waals surface area contributed by atoms with Crippen LogP contribution in [0.3, 0.4) is 0 Å². The van der Waals surface area contributed by atoms with Gasteiger partial charge in [-0.1, -0.05) is 31.2 Å². The average Bonchev–Trinajstić information content (AvgIpc) is 3.63. The van der Waals surface area contributed by atoms with Crippen molar-refractivity contribution in [3.63, 3.8) is 0 Å². The standard InChI is InChI=1S/C32H31FN8O2/c1-3-18-14-24(27(33)26(15-18)41-13-12-40(2)32(41)43)28(38-20-8-9-21-19(16-20)10-11-36-29(21)34)31-37-17-25(39-31)22-6-4-5-7-23(22)30(35)42/h4-11,14-17,28,38H,3,12-13H2,1-2H3,(H2,34,36)(H2,35,42)(H,37,39). The number of nitrogen functional groups attached to an aromatic ring is 1. The van der Waals surface area contributed by atoms with Gasteiger partial charge in [-0.15, -0.1) is 0 Å². The molecule has 1 unspecified atom stereocenters. The molecule has 2 aromatic heterocycles. The number of halogens is 1. The Kier molecular flexibility index (Phi) is 7.14. The average molecular weight is 579 g/mol. The van der Waals surface area contributed by atoms with Gasteiger partial charge in [0.2, 0.25) is 5.91 Å². The third-order valence-electron chi connectivity index (χ3n) is 7.81. The van der Waals surface area contributed by atoms with Crippen LogP contribution in [-0.4, -0.2) is 51.9 Å². The van der Waals surface area contributed by atoms with Gasteiger partial charge in [-0.05, 0) is 53.8 Å². The number of nitrogens with two attached hydrogens (primary N) is 2. The van der Waals surface area contributed by atoms with E-state index in [0.29, 0.717) is 59.2 Å². The summed E-state index contributed by atoms with van der Waals surface area (Å²) in [7, 11) is 1.70. The van der Waals surface area contributed by atoms with Gasteiger partial charge in [-0.3, -0.25) is 9.69 Å². The molecule has 1 aliphatic rings. The van der Waals surface area contributed by atoms with Crippen LogP contribution >= 0.6 is 0 Å². The number of imidazole rings is 1. The molecule has 1 fully saturated rings. The fraction of sp³-hybridized carbons (Fsp3) is 0.188. The molecule has 0 saturated carbocycles. The van der Waals surface area contributed by atoms with Crippen LogP contribution in [0, 0.1) is 5.82 Å². The number of amides is 3. The molecule has 1 aliphatic heterocycles. The van der Waals surface area contributed by atoms with Crippen LogP contribution in [0.4, 0.5) is 26.4 Å². The largest absolute Gasteiger partial charge is 0.383 e. The number of H-pyrrole nitrogens is 1. The van der Waals surface area contributed by atoms with Crippen molar-refractivity contribution in [2.45, 2.75) is 19.4 Å². The van der Waals surface area contributed by atoms with Gasteiger partial charge in [-0.25, -0.2) is 19.2 Å².